The van der Waals surface area contributed by atoms with Gasteiger partial charge in [0.15, 0.2) is 6.29 Å². The van der Waals surface area contributed by atoms with Crippen LogP contribution >= 0.6 is 0 Å². The fourth-order valence-electron chi connectivity index (χ4n) is 2.40. The molecule has 0 aromatic carbocycles. The Morgan fingerprint density at radius 3 is 1.40 bits per heavy atom. The Kier molecular flexibility index (Phi) is 13.8. The monoisotopic (exact) mass is 286 g/mol. The fourth-order valence-corrected chi connectivity index (χ4v) is 2.40. The normalized spacial score (nSPS) is 12.0. The molecular weight excluding hydrogens is 248 g/mol. The molecule has 0 aromatic rings. The maximum Gasteiger partial charge on any atom is 0.158 e. The molecule has 2 nitrogen and oxygen atoms in total. The van der Waals surface area contributed by atoms with Gasteiger partial charge < -0.3 is 9.47 Å². The molecule has 122 valence electrons. The van der Waals surface area contributed by atoms with Crippen molar-refractivity contribution in [2.45, 2.75) is 117 Å². The lowest BCUT2D eigenvalue weighted by molar-refractivity contribution is -0.184. The summed E-state index contributed by atoms with van der Waals surface area (Å²) < 4.78 is 11.6. The van der Waals surface area contributed by atoms with Gasteiger partial charge in [0.2, 0.25) is 0 Å². The lowest BCUT2D eigenvalue weighted by Crippen LogP contribution is -2.24. The van der Waals surface area contributed by atoms with Gasteiger partial charge in [-0.3, -0.25) is 0 Å². The maximum absolute atomic E-state index is 5.81. The molecule has 0 bridgehead atoms. The van der Waals surface area contributed by atoms with Crippen LogP contribution in [0.5, 0.6) is 0 Å². The Morgan fingerprint density at radius 2 is 1.00 bits per heavy atom. The Bertz CT molecular complexity index is 180. The highest BCUT2D eigenvalue weighted by Gasteiger charge is 2.12. The van der Waals surface area contributed by atoms with Gasteiger partial charge in [0.05, 0.1) is 12.2 Å². The number of hydrogen-bond donors (Lipinski definition) is 0. The van der Waals surface area contributed by atoms with Crippen LogP contribution in [-0.4, -0.2) is 18.5 Å². The molecule has 0 unspecified atom stereocenters. The van der Waals surface area contributed by atoms with Gasteiger partial charge in [0, 0.05) is 0 Å². The van der Waals surface area contributed by atoms with E-state index in [4.69, 9.17) is 9.47 Å². The van der Waals surface area contributed by atoms with Crippen molar-refractivity contribution in [1.29, 1.82) is 0 Å². The number of unbranched alkanes of at least 4 members (excludes halogenated alkanes) is 8. The van der Waals surface area contributed by atoms with E-state index in [1.54, 1.807) is 0 Å². The third kappa shape index (κ3) is 14.3. The van der Waals surface area contributed by atoms with E-state index in [2.05, 4.69) is 34.6 Å². The quantitative estimate of drug-likeness (QED) is 0.284. The largest absolute Gasteiger partial charge is 0.350 e. The third-order valence-corrected chi connectivity index (χ3v) is 3.39. The van der Waals surface area contributed by atoms with Gasteiger partial charge in [-0.2, -0.15) is 0 Å². The first-order valence-electron chi connectivity index (χ1n) is 8.87. The first-order chi connectivity index (χ1) is 9.56. The summed E-state index contributed by atoms with van der Waals surface area (Å²) >= 11 is 0. The second-order valence-electron chi connectivity index (χ2n) is 6.42. The van der Waals surface area contributed by atoms with Crippen LogP contribution in [0.1, 0.15) is 98.8 Å². The molecule has 0 aromatic heterocycles. The maximum atomic E-state index is 5.81. The van der Waals surface area contributed by atoms with Crippen molar-refractivity contribution in [2.75, 3.05) is 0 Å². The van der Waals surface area contributed by atoms with E-state index in [-0.39, 0.29) is 18.5 Å². The summed E-state index contributed by atoms with van der Waals surface area (Å²) in [5, 5.41) is 0. The Morgan fingerprint density at radius 1 is 0.600 bits per heavy atom. The molecule has 20 heavy (non-hydrogen) atoms. The van der Waals surface area contributed by atoms with Crippen molar-refractivity contribution in [1.82, 2.24) is 0 Å². The summed E-state index contributed by atoms with van der Waals surface area (Å²) in [5.41, 5.74) is 0. The molecule has 0 saturated heterocycles. The highest BCUT2D eigenvalue weighted by molar-refractivity contribution is 4.53. The average molecular weight is 286 g/mol. The molecule has 0 amide bonds. The minimum atomic E-state index is -0.0143. The van der Waals surface area contributed by atoms with E-state index < -0.39 is 0 Å². The topological polar surface area (TPSA) is 18.5 Å². The van der Waals surface area contributed by atoms with E-state index in [0.717, 1.165) is 6.42 Å². The summed E-state index contributed by atoms with van der Waals surface area (Å²) in [4.78, 5) is 0. The van der Waals surface area contributed by atoms with Crippen molar-refractivity contribution in [2.24, 2.45) is 0 Å². The Labute approximate surface area is 127 Å². The van der Waals surface area contributed by atoms with Crippen LogP contribution in [0.25, 0.3) is 0 Å². The lowest BCUT2D eigenvalue weighted by Gasteiger charge is -2.23. The molecule has 0 atom stereocenters. The smallest absolute Gasteiger partial charge is 0.158 e. The molecule has 2 heteroatoms. The van der Waals surface area contributed by atoms with Crippen LogP contribution in [0.15, 0.2) is 0 Å². The van der Waals surface area contributed by atoms with Crippen LogP contribution in [-0.2, 0) is 9.47 Å². The van der Waals surface area contributed by atoms with Crippen LogP contribution in [0.2, 0.25) is 0 Å². The second kappa shape index (κ2) is 13.9. The highest BCUT2D eigenvalue weighted by Crippen LogP contribution is 2.15. The summed E-state index contributed by atoms with van der Waals surface area (Å²) in [6.45, 7) is 10.6. The Hall–Kier alpha value is -0.0800. The lowest BCUT2D eigenvalue weighted by atomic mass is 10.1. The zero-order valence-electron chi connectivity index (χ0n) is 14.6. The van der Waals surface area contributed by atoms with Crippen molar-refractivity contribution < 1.29 is 9.47 Å². The average Bonchev–Trinajstić information content (AvgIpc) is 2.35. The minimum absolute atomic E-state index is 0.0143. The number of rotatable bonds is 14. The standard InChI is InChI=1S/C18H38O2/c1-6-7-8-9-10-11-12-13-14-15-18(19-16(2)3)20-17(4)5/h16-18H,6-15H2,1-5H3. The van der Waals surface area contributed by atoms with E-state index >= 15 is 0 Å². The van der Waals surface area contributed by atoms with Crippen molar-refractivity contribution in [3.05, 3.63) is 0 Å². The summed E-state index contributed by atoms with van der Waals surface area (Å²) in [5.74, 6) is 0. The van der Waals surface area contributed by atoms with Gasteiger partial charge >= 0.3 is 0 Å². The molecule has 0 aliphatic carbocycles. The zero-order valence-corrected chi connectivity index (χ0v) is 14.6. The van der Waals surface area contributed by atoms with Gasteiger partial charge in [0.25, 0.3) is 0 Å². The second-order valence-corrected chi connectivity index (χ2v) is 6.42. The molecule has 0 rings (SSSR count). The van der Waals surface area contributed by atoms with Gasteiger partial charge in [0.1, 0.15) is 0 Å². The Balaban J connectivity index is 3.48. The third-order valence-electron chi connectivity index (χ3n) is 3.39. The first kappa shape index (κ1) is 19.9. The SMILES string of the molecule is CCCCCCCCCCCC(OC(C)C)OC(C)C. The first-order valence-corrected chi connectivity index (χ1v) is 8.87. The molecule has 0 saturated carbocycles. The van der Waals surface area contributed by atoms with Gasteiger partial charge in [-0.1, -0.05) is 58.3 Å². The molecule has 0 N–H and O–H groups in total. The molecule has 0 radical (unpaired) electrons. The van der Waals surface area contributed by atoms with Crippen LogP contribution in [0, 0.1) is 0 Å². The molecule has 0 aliphatic rings. The van der Waals surface area contributed by atoms with Crippen LogP contribution in [0.3, 0.4) is 0 Å². The van der Waals surface area contributed by atoms with E-state index in [1.165, 1.54) is 57.8 Å². The van der Waals surface area contributed by atoms with Crippen LogP contribution < -0.4 is 0 Å². The van der Waals surface area contributed by atoms with Crippen molar-refractivity contribution in [3.8, 4) is 0 Å². The van der Waals surface area contributed by atoms with E-state index in [9.17, 15) is 0 Å². The molecule has 0 fully saturated rings. The predicted molar refractivity (Wildman–Crippen MR) is 88.1 cm³/mol. The number of hydrogen-bond acceptors (Lipinski definition) is 2. The molecule has 0 spiro atoms. The summed E-state index contributed by atoms with van der Waals surface area (Å²) in [7, 11) is 0. The minimum Gasteiger partial charge on any atom is -0.350 e. The zero-order chi connectivity index (χ0) is 15.2. The van der Waals surface area contributed by atoms with Crippen molar-refractivity contribution >= 4 is 0 Å². The summed E-state index contributed by atoms with van der Waals surface area (Å²) in [6.07, 6.45) is 13.8. The van der Waals surface area contributed by atoms with Gasteiger partial charge in [-0.25, -0.2) is 0 Å². The predicted octanol–water partition coefficient (Wildman–Crippen LogP) is 6.08. The summed E-state index contributed by atoms with van der Waals surface area (Å²) in [6, 6.07) is 0. The molecule has 0 heterocycles. The van der Waals surface area contributed by atoms with Gasteiger partial charge in [-0.05, 0) is 40.5 Å². The van der Waals surface area contributed by atoms with E-state index in [0.29, 0.717) is 0 Å². The van der Waals surface area contributed by atoms with Gasteiger partial charge in [-0.15, -0.1) is 0 Å². The molecular formula is C18H38O2. The van der Waals surface area contributed by atoms with Crippen molar-refractivity contribution in [3.63, 3.8) is 0 Å². The highest BCUT2D eigenvalue weighted by atomic mass is 16.7. The fraction of sp³-hybridized carbons (Fsp3) is 1.00. The van der Waals surface area contributed by atoms with Crippen LogP contribution in [0.4, 0.5) is 0 Å². The van der Waals surface area contributed by atoms with E-state index in [1.807, 2.05) is 0 Å². The molecule has 0 aliphatic heterocycles. The number of ether oxygens (including phenoxy) is 2.